The molecular formula is C11H18F2N2O. The molecule has 0 spiro atoms. The highest BCUT2D eigenvalue weighted by Crippen LogP contribution is 2.25. The van der Waals surface area contributed by atoms with Crippen LogP contribution in [-0.4, -0.2) is 43.4 Å². The third kappa shape index (κ3) is 2.51. The summed E-state index contributed by atoms with van der Waals surface area (Å²) in [6.45, 7) is 2.49. The molecule has 92 valence electrons. The molecule has 1 amide bonds. The Bertz CT molecular complexity index is 254. The van der Waals surface area contributed by atoms with Crippen molar-refractivity contribution >= 4 is 5.91 Å². The van der Waals surface area contributed by atoms with Gasteiger partial charge in [-0.15, -0.1) is 0 Å². The minimum Gasteiger partial charge on any atom is -0.342 e. The zero-order valence-corrected chi connectivity index (χ0v) is 9.29. The van der Waals surface area contributed by atoms with E-state index < -0.39 is 12.3 Å². The van der Waals surface area contributed by atoms with Crippen molar-refractivity contribution < 1.29 is 13.6 Å². The van der Waals surface area contributed by atoms with Crippen LogP contribution in [0, 0.1) is 11.8 Å². The number of hydrogen-bond donors (Lipinski definition) is 1. The molecule has 3 nitrogen and oxygen atoms in total. The molecule has 5 heteroatoms. The van der Waals surface area contributed by atoms with E-state index in [4.69, 9.17) is 0 Å². The summed E-state index contributed by atoms with van der Waals surface area (Å²) in [7, 11) is 0. The standard InChI is InChI=1S/C11H18F2N2O/c12-10(13)9-3-6-15(7-9)11(16)8-1-4-14-5-2-8/h8-10,14H,1-7H2/t9-/m1/s1. The average Bonchev–Trinajstić information content (AvgIpc) is 2.78. The van der Waals surface area contributed by atoms with E-state index in [0.717, 1.165) is 25.9 Å². The summed E-state index contributed by atoms with van der Waals surface area (Å²) < 4.78 is 24.9. The van der Waals surface area contributed by atoms with Crippen molar-refractivity contribution in [3.63, 3.8) is 0 Å². The molecule has 2 aliphatic rings. The van der Waals surface area contributed by atoms with Gasteiger partial charge in [-0.2, -0.15) is 0 Å². The Morgan fingerprint density at radius 1 is 1.25 bits per heavy atom. The molecule has 2 rings (SSSR count). The van der Waals surface area contributed by atoms with Gasteiger partial charge in [-0.05, 0) is 32.4 Å². The summed E-state index contributed by atoms with van der Waals surface area (Å²) >= 11 is 0. The first-order valence-electron chi connectivity index (χ1n) is 5.96. The minimum atomic E-state index is -2.29. The topological polar surface area (TPSA) is 32.3 Å². The Balaban J connectivity index is 1.86. The van der Waals surface area contributed by atoms with E-state index in [9.17, 15) is 13.6 Å². The lowest BCUT2D eigenvalue weighted by molar-refractivity contribution is -0.135. The van der Waals surface area contributed by atoms with E-state index >= 15 is 0 Å². The van der Waals surface area contributed by atoms with Gasteiger partial charge in [0.1, 0.15) is 0 Å². The van der Waals surface area contributed by atoms with Gasteiger partial charge in [0.15, 0.2) is 0 Å². The molecule has 1 atom stereocenters. The van der Waals surface area contributed by atoms with Crippen molar-refractivity contribution in [2.24, 2.45) is 11.8 Å². The summed E-state index contributed by atoms with van der Waals surface area (Å²) in [5.74, 6) is -0.465. The lowest BCUT2D eigenvalue weighted by Gasteiger charge is -2.26. The van der Waals surface area contributed by atoms with Crippen LogP contribution in [0.4, 0.5) is 8.78 Å². The SMILES string of the molecule is O=C(C1CCNCC1)N1CC[C@@H](C(F)F)C1. The summed E-state index contributed by atoms with van der Waals surface area (Å²) in [6.07, 6.45) is -0.150. The first-order chi connectivity index (χ1) is 7.68. The van der Waals surface area contributed by atoms with Gasteiger partial charge in [0.2, 0.25) is 12.3 Å². The molecule has 0 radical (unpaired) electrons. The Kier molecular flexibility index (Phi) is 3.74. The first kappa shape index (κ1) is 11.8. The maximum absolute atomic E-state index is 12.5. The molecule has 2 aliphatic heterocycles. The van der Waals surface area contributed by atoms with Crippen LogP contribution >= 0.6 is 0 Å². The third-order valence-corrected chi connectivity index (χ3v) is 3.58. The predicted octanol–water partition coefficient (Wildman–Crippen LogP) is 1.10. The van der Waals surface area contributed by atoms with E-state index in [1.165, 1.54) is 0 Å². The highest BCUT2D eigenvalue weighted by molar-refractivity contribution is 5.79. The van der Waals surface area contributed by atoms with Gasteiger partial charge >= 0.3 is 0 Å². The number of alkyl halides is 2. The number of rotatable bonds is 2. The second-order valence-electron chi connectivity index (χ2n) is 4.69. The normalized spacial score (nSPS) is 27.7. The molecular weight excluding hydrogens is 214 g/mol. The molecule has 2 fully saturated rings. The van der Waals surface area contributed by atoms with Gasteiger partial charge in [0.05, 0.1) is 0 Å². The van der Waals surface area contributed by atoms with Gasteiger partial charge in [0.25, 0.3) is 0 Å². The van der Waals surface area contributed by atoms with E-state index in [1.54, 1.807) is 4.90 Å². The van der Waals surface area contributed by atoms with Crippen LogP contribution in [0.1, 0.15) is 19.3 Å². The number of likely N-dealkylation sites (tertiary alicyclic amines) is 1. The Morgan fingerprint density at radius 3 is 2.50 bits per heavy atom. The molecule has 2 heterocycles. The van der Waals surface area contributed by atoms with Crippen molar-refractivity contribution in [1.82, 2.24) is 10.2 Å². The predicted molar refractivity (Wildman–Crippen MR) is 56.3 cm³/mol. The Morgan fingerprint density at radius 2 is 1.94 bits per heavy atom. The van der Waals surface area contributed by atoms with E-state index in [0.29, 0.717) is 13.0 Å². The number of carbonyl (C=O) groups is 1. The molecule has 0 saturated carbocycles. The third-order valence-electron chi connectivity index (χ3n) is 3.58. The van der Waals surface area contributed by atoms with Gasteiger partial charge in [0, 0.05) is 24.9 Å². The lowest BCUT2D eigenvalue weighted by Crippen LogP contribution is -2.40. The zero-order chi connectivity index (χ0) is 11.5. The van der Waals surface area contributed by atoms with Crippen LogP contribution in [0.3, 0.4) is 0 Å². The molecule has 1 N–H and O–H groups in total. The molecule has 16 heavy (non-hydrogen) atoms. The van der Waals surface area contributed by atoms with E-state index in [1.807, 2.05) is 0 Å². The number of amides is 1. The molecule has 0 unspecified atom stereocenters. The fourth-order valence-corrected chi connectivity index (χ4v) is 2.52. The molecule has 0 bridgehead atoms. The number of nitrogens with zero attached hydrogens (tertiary/aromatic N) is 1. The van der Waals surface area contributed by atoms with Gasteiger partial charge in [-0.1, -0.05) is 0 Å². The summed E-state index contributed by atoms with van der Waals surface area (Å²) in [5, 5.41) is 3.20. The van der Waals surface area contributed by atoms with Gasteiger partial charge < -0.3 is 10.2 Å². The number of nitrogens with one attached hydrogen (secondary N) is 1. The van der Waals surface area contributed by atoms with Crippen molar-refractivity contribution in [2.75, 3.05) is 26.2 Å². The van der Waals surface area contributed by atoms with Crippen LogP contribution in [-0.2, 0) is 4.79 Å². The maximum atomic E-state index is 12.5. The quantitative estimate of drug-likeness (QED) is 0.773. The highest BCUT2D eigenvalue weighted by atomic mass is 19.3. The molecule has 0 aromatic heterocycles. The number of hydrogen-bond acceptors (Lipinski definition) is 2. The maximum Gasteiger partial charge on any atom is 0.243 e. The number of carbonyl (C=O) groups excluding carboxylic acids is 1. The fourth-order valence-electron chi connectivity index (χ4n) is 2.52. The fraction of sp³-hybridized carbons (Fsp3) is 0.909. The monoisotopic (exact) mass is 232 g/mol. The summed E-state index contributed by atoms with van der Waals surface area (Å²) in [4.78, 5) is 13.7. The Labute approximate surface area is 94.2 Å². The Hall–Kier alpha value is -0.710. The van der Waals surface area contributed by atoms with E-state index in [2.05, 4.69) is 5.32 Å². The zero-order valence-electron chi connectivity index (χ0n) is 9.29. The van der Waals surface area contributed by atoms with Crippen LogP contribution < -0.4 is 5.32 Å². The summed E-state index contributed by atoms with van der Waals surface area (Å²) in [5.41, 5.74) is 0. The van der Waals surface area contributed by atoms with Crippen LogP contribution in [0.25, 0.3) is 0 Å². The van der Waals surface area contributed by atoms with Crippen LogP contribution in [0.5, 0.6) is 0 Å². The second kappa shape index (κ2) is 5.08. The lowest BCUT2D eigenvalue weighted by atomic mass is 9.97. The van der Waals surface area contributed by atoms with Crippen molar-refractivity contribution in [3.8, 4) is 0 Å². The molecule has 0 aliphatic carbocycles. The number of piperidine rings is 1. The van der Waals surface area contributed by atoms with Crippen molar-refractivity contribution in [1.29, 1.82) is 0 Å². The van der Waals surface area contributed by atoms with Crippen LogP contribution in [0.2, 0.25) is 0 Å². The van der Waals surface area contributed by atoms with Crippen molar-refractivity contribution in [3.05, 3.63) is 0 Å². The highest BCUT2D eigenvalue weighted by Gasteiger charge is 2.34. The molecule has 0 aromatic carbocycles. The second-order valence-corrected chi connectivity index (χ2v) is 4.69. The minimum absolute atomic E-state index is 0.0534. The average molecular weight is 232 g/mol. The van der Waals surface area contributed by atoms with Crippen LogP contribution in [0.15, 0.2) is 0 Å². The van der Waals surface area contributed by atoms with E-state index in [-0.39, 0.29) is 18.4 Å². The summed E-state index contributed by atoms with van der Waals surface area (Å²) in [6, 6.07) is 0. The molecule has 2 saturated heterocycles. The number of halogens is 2. The van der Waals surface area contributed by atoms with Gasteiger partial charge in [-0.25, -0.2) is 8.78 Å². The van der Waals surface area contributed by atoms with Crippen molar-refractivity contribution in [2.45, 2.75) is 25.7 Å². The largest absolute Gasteiger partial charge is 0.342 e. The smallest absolute Gasteiger partial charge is 0.243 e. The van der Waals surface area contributed by atoms with Gasteiger partial charge in [-0.3, -0.25) is 4.79 Å². The first-order valence-corrected chi connectivity index (χ1v) is 5.96. The molecule has 0 aromatic rings.